The summed E-state index contributed by atoms with van der Waals surface area (Å²) in [6.07, 6.45) is 3.95. The number of aromatic nitrogens is 3. The molecule has 0 bridgehead atoms. The lowest BCUT2D eigenvalue weighted by Crippen LogP contribution is -2.08. The maximum absolute atomic E-state index is 6.52. The minimum Gasteiger partial charge on any atom is -0.382 e. The number of nitrogens with zero attached hydrogens (tertiary/aromatic N) is 3. The highest BCUT2D eigenvalue weighted by Gasteiger charge is 2.21. The van der Waals surface area contributed by atoms with E-state index in [2.05, 4.69) is 91.2 Å². The third-order valence-corrected chi connectivity index (χ3v) is 7.01. The summed E-state index contributed by atoms with van der Waals surface area (Å²) in [7, 11) is 0. The van der Waals surface area contributed by atoms with Gasteiger partial charge in [-0.05, 0) is 54.1 Å². The molecule has 0 aliphatic carbocycles. The molecule has 5 aromatic rings. The van der Waals surface area contributed by atoms with Crippen LogP contribution in [-0.4, -0.2) is 21.1 Å². The average molecular weight is 478 g/mol. The van der Waals surface area contributed by atoms with Gasteiger partial charge in [-0.15, -0.1) is 0 Å². The van der Waals surface area contributed by atoms with Gasteiger partial charge in [0, 0.05) is 17.8 Å². The molecular formula is C31H35N5. The van der Waals surface area contributed by atoms with E-state index < -0.39 is 0 Å². The number of rotatable bonds is 9. The second kappa shape index (κ2) is 10.5. The Bertz CT molecular complexity index is 1470. The molecule has 4 N–H and O–H groups in total. The van der Waals surface area contributed by atoms with Crippen LogP contribution in [0.15, 0.2) is 72.8 Å². The number of imidazole rings is 1. The Labute approximate surface area is 213 Å². The smallest absolute Gasteiger partial charge is 0.152 e. The summed E-state index contributed by atoms with van der Waals surface area (Å²) >= 11 is 0. The first-order valence-corrected chi connectivity index (χ1v) is 13.0. The van der Waals surface area contributed by atoms with E-state index in [-0.39, 0.29) is 0 Å². The molecule has 5 nitrogen and oxygen atoms in total. The van der Waals surface area contributed by atoms with Crippen LogP contribution in [0, 0.1) is 0 Å². The van der Waals surface area contributed by atoms with Crippen molar-refractivity contribution >= 4 is 27.8 Å². The van der Waals surface area contributed by atoms with Gasteiger partial charge in [0.1, 0.15) is 11.3 Å². The van der Waals surface area contributed by atoms with Crippen LogP contribution in [0.1, 0.15) is 60.7 Å². The van der Waals surface area contributed by atoms with Crippen LogP contribution in [0.4, 0.5) is 5.82 Å². The molecule has 1 unspecified atom stereocenters. The number of hydrogen-bond acceptors (Lipinski definition) is 4. The van der Waals surface area contributed by atoms with E-state index in [9.17, 15) is 0 Å². The second-order valence-corrected chi connectivity index (χ2v) is 9.81. The zero-order valence-corrected chi connectivity index (χ0v) is 21.2. The number of hydrogen-bond donors (Lipinski definition) is 2. The van der Waals surface area contributed by atoms with Gasteiger partial charge in [0.25, 0.3) is 0 Å². The van der Waals surface area contributed by atoms with Crippen molar-refractivity contribution in [3.8, 4) is 0 Å². The first kappa shape index (κ1) is 24.0. The fraction of sp³-hybridized carbons (Fsp3) is 0.290. The minimum atomic E-state index is 0.335. The van der Waals surface area contributed by atoms with Crippen molar-refractivity contribution in [1.29, 1.82) is 0 Å². The van der Waals surface area contributed by atoms with E-state index in [1.165, 1.54) is 22.3 Å². The molecule has 0 aliphatic rings. The van der Waals surface area contributed by atoms with Crippen LogP contribution in [0.3, 0.4) is 0 Å². The quantitative estimate of drug-likeness (QED) is 0.264. The van der Waals surface area contributed by atoms with Gasteiger partial charge in [0.2, 0.25) is 0 Å². The van der Waals surface area contributed by atoms with Crippen LogP contribution < -0.4 is 11.5 Å². The van der Waals surface area contributed by atoms with Gasteiger partial charge in [-0.25, -0.2) is 9.97 Å². The summed E-state index contributed by atoms with van der Waals surface area (Å²) in [6.45, 7) is 5.91. The van der Waals surface area contributed by atoms with Crippen LogP contribution >= 0.6 is 0 Å². The Morgan fingerprint density at radius 1 is 0.861 bits per heavy atom. The monoisotopic (exact) mass is 477 g/mol. The Kier molecular flexibility index (Phi) is 7.01. The lowest BCUT2D eigenvalue weighted by atomic mass is 10.0. The predicted octanol–water partition coefficient (Wildman–Crippen LogP) is 6.21. The molecule has 0 spiro atoms. The molecule has 0 aliphatic heterocycles. The van der Waals surface area contributed by atoms with E-state index in [0.717, 1.165) is 60.0 Å². The highest BCUT2D eigenvalue weighted by molar-refractivity contribution is 6.06. The molecule has 0 saturated carbocycles. The third-order valence-electron chi connectivity index (χ3n) is 7.01. The maximum Gasteiger partial charge on any atom is 0.152 e. The molecule has 5 heteroatoms. The maximum atomic E-state index is 6.52. The number of fused-ring (bicyclic) bond motifs is 3. The average Bonchev–Trinajstić information content (AvgIpc) is 3.26. The zero-order valence-electron chi connectivity index (χ0n) is 21.2. The highest BCUT2D eigenvalue weighted by atomic mass is 15.1. The lowest BCUT2D eigenvalue weighted by Gasteiger charge is -2.15. The first-order valence-electron chi connectivity index (χ1n) is 13.0. The van der Waals surface area contributed by atoms with Gasteiger partial charge >= 0.3 is 0 Å². The van der Waals surface area contributed by atoms with Gasteiger partial charge in [-0.2, -0.15) is 0 Å². The van der Waals surface area contributed by atoms with Crippen LogP contribution in [0.2, 0.25) is 0 Å². The van der Waals surface area contributed by atoms with Gasteiger partial charge in [-0.1, -0.05) is 87.0 Å². The number of benzene rings is 3. The Morgan fingerprint density at radius 2 is 1.58 bits per heavy atom. The predicted molar refractivity (Wildman–Crippen MR) is 150 cm³/mol. The van der Waals surface area contributed by atoms with E-state index >= 15 is 0 Å². The van der Waals surface area contributed by atoms with E-state index in [4.69, 9.17) is 21.4 Å². The summed E-state index contributed by atoms with van der Waals surface area (Å²) in [6, 6.07) is 25.9. The summed E-state index contributed by atoms with van der Waals surface area (Å²) in [5, 5.41) is 1.10. The number of anilines is 1. The highest BCUT2D eigenvalue weighted by Crippen LogP contribution is 2.33. The van der Waals surface area contributed by atoms with E-state index in [1.807, 2.05) is 0 Å². The topological polar surface area (TPSA) is 82.8 Å². The molecule has 5 rings (SSSR count). The van der Waals surface area contributed by atoms with Crippen molar-refractivity contribution in [2.24, 2.45) is 5.73 Å². The molecule has 0 radical (unpaired) electrons. The first-order chi connectivity index (χ1) is 17.6. The number of pyridine rings is 1. The van der Waals surface area contributed by atoms with Gasteiger partial charge in [0.15, 0.2) is 5.82 Å². The van der Waals surface area contributed by atoms with Crippen LogP contribution in [0.25, 0.3) is 21.9 Å². The normalized spacial score (nSPS) is 12.4. The summed E-state index contributed by atoms with van der Waals surface area (Å²) < 4.78 is 2.36. The summed E-state index contributed by atoms with van der Waals surface area (Å²) in [5.74, 6) is 1.91. The van der Waals surface area contributed by atoms with Gasteiger partial charge in [-0.3, -0.25) is 0 Å². The zero-order chi connectivity index (χ0) is 25.1. The van der Waals surface area contributed by atoms with Gasteiger partial charge < -0.3 is 16.0 Å². The largest absolute Gasteiger partial charge is 0.382 e. The minimum absolute atomic E-state index is 0.335. The molecule has 0 fully saturated rings. The van der Waals surface area contributed by atoms with Crippen LogP contribution in [0.5, 0.6) is 0 Å². The molecule has 3 aromatic carbocycles. The molecule has 2 heterocycles. The standard InChI is InChI=1S/C31H35N5/c1-3-7-21(2)31-35-28-29(36(31)20-24-8-5-4-6-9-24)26-15-14-25(19-27(26)34-30(28)33)18-23-12-10-22(11-13-23)16-17-32/h4-6,8-15,19,21H,3,7,16-18,20,32H2,1-2H3,(H2,33,34). The Balaban J connectivity index is 1.59. The summed E-state index contributed by atoms with van der Waals surface area (Å²) in [4.78, 5) is 9.86. The van der Waals surface area contributed by atoms with Crippen molar-refractivity contribution < 1.29 is 0 Å². The van der Waals surface area contributed by atoms with Crippen molar-refractivity contribution in [2.45, 2.75) is 52.0 Å². The molecule has 0 amide bonds. The molecule has 0 saturated heterocycles. The molecule has 2 aromatic heterocycles. The fourth-order valence-electron chi connectivity index (χ4n) is 5.17. The van der Waals surface area contributed by atoms with Crippen molar-refractivity contribution in [3.63, 3.8) is 0 Å². The van der Waals surface area contributed by atoms with Crippen molar-refractivity contribution in [2.75, 3.05) is 12.3 Å². The molecule has 1 atom stereocenters. The summed E-state index contributed by atoms with van der Waals surface area (Å²) in [5.41, 5.74) is 20.0. The van der Waals surface area contributed by atoms with Crippen LogP contribution in [-0.2, 0) is 19.4 Å². The molecule has 184 valence electrons. The lowest BCUT2D eigenvalue weighted by molar-refractivity contribution is 0.593. The van der Waals surface area contributed by atoms with Crippen molar-refractivity contribution in [3.05, 3.63) is 101 Å². The number of nitrogen functional groups attached to an aromatic ring is 1. The molecule has 36 heavy (non-hydrogen) atoms. The van der Waals surface area contributed by atoms with E-state index in [1.54, 1.807) is 0 Å². The Hall–Kier alpha value is -3.70. The second-order valence-electron chi connectivity index (χ2n) is 9.81. The van der Waals surface area contributed by atoms with E-state index in [0.29, 0.717) is 18.3 Å². The number of nitrogens with two attached hydrogens (primary N) is 2. The third kappa shape index (κ3) is 4.84. The molecular weight excluding hydrogens is 442 g/mol. The fourth-order valence-corrected chi connectivity index (χ4v) is 5.17. The van der Waals surface area contributed by atoms with Gasteiger partial charge in [0.05, 0.1) is 11.0 Å². The van der Waals surface area contributed by atoms with Crippen molar-refractivity contribution in [1.82, 2.24) is 14.5 Å². The Morgan fingerprint density at radius 3 is 2.31 bits per heavy atom. The SMILES string of the molecule is CCCC(C)c1nc2c(N)nc3cc(Cc4ccc(CCN)cc4)ccc3c2n1Cc1ccccc1.